The highest BCUT2D eigenvalue weighted by molar-refractivity contribution is 6.03. The Morgan fingerprint density at radius 2 is 1.78 bits per heavy atom. The third-order valence-electron chi connectivity index (χ3n) is 8.25. The number of likely N-dealkylation sites (N-methyl/N-ethyl adjacent to an activating group) is 1. The van der Waals surface area contributed by atoms with E-state index in [1.165, 1.54) is 4.68 Å². The summed E-state index contributed by atoms with van der Waals surface area (Å²) in [6, 6.07) is -0.807. The summed E-state index contributed by atoms with van der Waals surface area (Å²) >= 11 is 0. The zero-order chi connectivity index (χ0) is 26.3. The average molecular weight is 524 g/mol. The van der Waals surface area contributed by atoms with E-state index in [4.69, 9.17) is 5.73 Å². The maximum absolute atomic E-state index is 15.3. The molecular formula is C24H39F2N9O2. The van der Waals surface area contributed by atoms with Gasteiger partial charge in [0, 0.05) is 38.6 Å². The van der Waals surface area contributed by atoms with Crippen molar-refractivity contribution in [3.63, 3.8) is 0 Å². The summed E-state index contributed by atoms with van der Waals surface area (Å²) in [6.07, 6.45) is 0.00888. The fourth-order valence-electron chi connectivity index (χ4n) is 6.40. The number of nitrogens with two attached hydrogens (primary N) is 1. The molecule has 5 N–H and O–H groups in total. The van der Waals surface area contributed by atoms with Gasteiger partial charge in [0.2, 0.25) is 5.91 Å². The number of carbonyl (C=O) groups excluding carboxylic acids is 2. The molecule has 0 aromatic carbocycles. The quantitative estimate of drug-likeness (QED) is 0.395. The van der Waals surface area contributed by atoms with E-state index in [0.717, 1.165) is 19.5 Å². The van der Waals surface area contributed by atoms with Crippen LogP contribution in [0.1, 0.15) is 29.6 Å². The summed E-state index contributed by atoms with van der Waals surface area (Å²) < 4.78 is 30.7. The van der Waals surface area contributed by atoms with E-state index >= 15 is 4.39 Å². The average Bonchev–Trinajstić information content (AvgIpc) is 3.41. The summed E-state index contributed by atoms with van der Waals surface area (Å²) in [5.74, 6) is 0.0772. The molecule has 3 saturated heterocycles. The minimum atomic E-state index is -1.17. The van der Waals surface area contributed by atoms with Crippen molar-refractivity contribution >= 4 is 23.5 Å². The third kappa shape index (κ3) is 5.39. The normalized spacial score (nSPS) is 31.8. The Labute approximate surface area is 216 Å². The Bertz CT molecular complexity index is 999. The topological polar surface area (TPSA) is 124 Å². The van der Waals surface area contributed by atoms with Gasteiger partial charge in [0.1, 0.15) is 23.7 Å². The highest BCUT2D eigenvalue weighted by Crippen LogP contribution is 2.30. The molecule has 0 bridgehead atoms. The van der Waals surface area contributed by atoms with Crippen LogP contribution in [0.5, 0.6) is 0 Å². The van der Waals surface area contributed by atoms with Crippen molar-refractivity contribution in [3.8, 4) is 0 Å². The number of anilines is 2. The van der Waals surface area contributed by atoms with Crippen LogP contribution >= 0.6 is 0 Å². The van der Waals surface area contributed by atoms with Crippen molar-refractivity contribution < 1.29 is 18.4 Å². The number of carbonyl (C=O) groups is 2. The second-order valence-corrected chi connectivity index (χ2v) is 11.1. The molecule has 1 aromatic heterocycles. The van der Waals surface area contributed by atoms with Gasteiger partial charge in [-0.1, -0.05) is 0 Å². The van der Waals surface area contributed by atoms with E-state index in [2.05, 4.69) is 37.9 Å². The monoisotopic (exact) mass is 523 g/mol. The fraction of sp³-hybridized carbons (Fsp3) is 0.792. The van der Waals surface area contributed by atoms with Crippen LogP contribution in [-0.2, 0) is 11.3 Å². The number of nitrogen functional groups attached to an aromatic ring is 1. The van der Waals surface area contributed by atoms with Gasteiger partial charge in [-0.3, -0.25) is 14.5 Å². The van der Waals surface area contributed by atoms with Gasteiger partial charge in [0.15, 0.2) is 5.82 Å². The molecule has 3 fully saturated rings. The highest BCUT2D eigenvalue weighted by Gasteiger charge is 2.42. The van der Waals surface area contributed by atoms with E-state index < -0.39 is 30.3 Å². The number of fused-ring (bicyclic) bond motifs is 1. The lowest BCUT2D eigenvalue weighted by molar-refractivity contribution is -0.127. The summed E-state index contributed by atoms with van der Waals surface area (Å²) in [5, 5.41) is 13.4. The lowest BCUT2D eigenvalue weighted by Gasteiger charge is -2.45. The number of hydrogen-bond donors (Lipinski definition) is 4. The molecule has 2 amide bonds. The standard InChI is InChI=1S/C24H39F2N9O2/c1-32-6-5-16(13-32)29-22(36)14-3-7-34(8-4-14)20-17(26)9-28-10-18(20)30-23(37)19-21(27)31-35-12-15(25)11-33(2)24(19)35/h14-18,20,28H,3-13H2,1-2H3,(H2,27,31)(H,29,36)(H,30,37). The molecule has 5 unspecified atom stereocenters. The highest BCUT2D eigenvalue weighted by atomic mass is 19.1. The summed E-state index contributed by atoms with van der Waals surface area (Å²) in [5.41, 5.74) is 6.26. The van der Waals surface area contributed by atoms with Crippen LogP contribution in [0.2, 0.25) is 0 Å². The van der Waals surface area contributed by atoms with Crippen molar-refractivity contribution in [2.45, 2.75) is 56.3 Å². The Kier molecular flexibility index (Phi) is 7.55. The number of nitrogens with zero attached hydrogens (tertiary/aromatic N) is 5. The molecule has 206 valence electrons. The molecule has 1 aromatic rings. The fourth-order valence-corrected chi connectivity index (χ4v) is 6.40. The van der Waals surface area contributed by atoms with Gasteiger partial charge in [-0.25, -0.2) is 13.5 Å². The maximum atomic E-state index is 15.3. The van der Waals surface area contributed by atoms with Crippen LogP contribution in [0.3, 0.4) is 0 Å². The zero-order valence-electron chi connectivity index (χ0n) is 21.6. The molecule has 5 rings (SSSR count). The molecule has 5 heterocycles. The predicted molar refractivity (Wildman–Crippen MR) is 136 cm³/mol. The minimum absolute atomic E-state index is 0.0332. The number of alkyl halides is 2. The van der Waals surface area contributed by atoms with Crippen LogP contribution in [0.15, 0.2) is 0 Å². The second-order valence-electron chi connectivity index (χ2n) is 11.1. The van der Waals surface area contributed by atoms with Crippen molar-refractivity contribution in [2.75, 3.05) is 70.5 Å². The molecule has 0 spiro atoms. The van der Waals surface area contributed by atoms with E-state index in [9.17, 15) is 14.0 Å². The molecule has 0 aliphatic carbocycles. The van der Waals surface area contributed by atoms with Gasteiger partial charge < -0.3 is 31.5 Å². The Hall–Kier alpha value is -2.51. The molecule has 37 heavy (non-hydrogen) atoms. The van der Waals surface area contributed by atoms with Crippen LogP contribution in [-0.4, -0.2) is 122 Å². The second kappa shape index (κ2) is 10.7. The van der Waals surface area contributed by atoms with E-state index in [1.807, 2.05) is 0 Å². The Morgan fingerprint density at radius 1 is 1.03 bits per heavy atom. The summed E-state index contributed by atoms with van der Waals surface area (Å²) in [6.45, 7) is 3.85. The van der Waals surface area contributed by atoms with Crippen LogP contribution in [0, 0.1) is 5.92 Å². The predicted octanol–water partition coefficient (Wildman–Crippen LogP) is -0.806. The van der Waals surface area contributed by atoms with E-state index in [1.54, 1.807) is 11.9 Å². The Balaban J connectivity index is 1.23. The first-order valence-electron chi connectivity index (χ1n) is 13.3. The van der Waals surface area contributed by atoms with Gasteiger partial charge >= 0.3 is 0 Å². The van der Waals surface area contributed by atoms with Crippen LogP contribution in [0.25, 0.3) is 0 Å². The van der Waals surface area contributed by atoms with Crippen molar-refractivity contribution in [3.05, 3.63) is 5.56 Å². The molecule has 13 heteroatoms. The molecule has 4 aliphatic heterocycles. The first-order valence-corrected chi connectivity index (χ1v) is 13.3. The number of hydrogen-bond acceptors (Lipinski definition) is 8. The third-order valence-corrected chi connectivity index (χ3v) is 8.25. The van der Waals surface area contributed by atoms with Crippen molar-refractivity contribution in [1.29, 1.82) is 0 Å². The van der Waals surface area contributed by atoms with E-state index in [0.29, 0.717) is 38.3 Å². The number of likely N-dealkylation sites (tertiary alicyclic amines) is 2. The minimum Gasteiger partial charge on any atom is -0.381 e. The van der Waals surface area contributed by atoms with Gasteiger partial charge in [-0.15, -0.1) is 0 Å². The molecule has 4 aliphatic rings. The van der Waals surface area contributed by atoms with Crippen LogP contribution < -0.4 is 26.6 Å². The van der Waals surface area contributed by atoms with E-state index in [-0.39, 0.29) is 48.9 Å². The van der Waals surface area contributed by atoms with Gasteiger partial charge in [-0.05, 0) is 45.9 Å². The first kappa shape index (κ1) is 26.1. The van der Waals surface area contributed by atoms with Gasteiger partial charge in [0.25, 0.3) is 5.91 Å². The maximum Gasteiger partial charge on any atom is 0.259 e. The summed E-state index contributed by atoms with van der Waals surface area (Å²) in [4.78, 5) is 32.1. The smallest absolute Gasteiger partial charge is 0.259 e. The number of aromatic nitrogens is 2. The molecular weight excluding hydrogens is 484 g/mol. The Morgan fingerprint density at radius 3 is 2.49 bits per heavy atom. The number of rotatable bonds is 5. The van der Waals surface area contributed by atoms with Gasteiger partial charge in [-0.2, -0.15) is 5.10 Å². The van der Waals surface area contributed by atoms with Crippen LogP contribution in [0.4, 0.5) is 20.4 Å². The van der Waals surface area contributed by atoms with Crippen molar-refractivity contribution in [2.24, 2.45) is 5.92 Å². The van der Waals surface area contributed by atoms with Crippen molar-refractivity contribution in [1.82, 2.24) is 35.5 Å². The lowest BCUT2D eigenvalue weighted by Crippen LogP contribution is -2.66. The molecule has 0 radical (unpaired) electrons. The molecule has 11 nitrogen and oxygen atoms in total. The largest absolute Gasteiger partial charge is 0.381 e. The number of nitrogens with one attached hydrogen (secondary N) is 3. The molecule has 0 saturated carbocycles. The molecule has 5 atom stereocenters. The lowest BCUT2D eigenvalue weighted by atomic mass is 9.90. The summed E-state index contributed by atoms with van der Waals surface area (Å²) in [7, 11) is 3.75. The number of amides is 2. The number of halogens is 2. The van der Waals surface area contributed by atoms with Gasteiger partial charge in [0.05, 0.1) is 25.2 Å². The zero-order valence-corrected chi connectivity index (χ0v) is 21.6. The SMILES string of the molecule is CN1CCC(NC(=O)C2CCN(C3C(F)CNCC3NC(=O)c3c(N)nn4c3N(C)CC(F)C4)CC2)C1. The first-order chi connectivity index (χ1) is 17.7. The number of piperidine rings is 2.